The number of nitrogens with zero attached hydrogens (tertiary/aromatic N) is 1. The molecule has 2 unspecified atom stereocenters. The van der Waals surface area contributed by atoms with E-state index in [4.69, 9.17) is 17.0 Å². The normalized spacial score (nSPS) is 26.2. The van der Waals surface area contributed by atoms with Gasteiger partial charge in [0.15, 0.2) is 0 Å². The lowest BCUT2D eigenvalue weighted by atomic mass is 9.65. The number of amides is 1. The summed E-state index contributed by atoms with van der Waals surface area (Å²) in [5, 5.41) is 15.2. The maximum absolute atomic E-state index is 13.5. The van der Waals surface area contributed by atoms with Crippen molar-refractivity contribution in [2.45, 2.75) is 39.0 Å². The summed E-state index contributed by atoms with van der Waals surface area (Å²) < 4.78 is 0. The summed E-state index contributed by atoms with van der Waals surface area (Å²) in [5.74, 6) is 0.693. The molecule has 2 aliphatic carbocycles. The zero-order valence-corrected chi connectivity index (χ0v) is 17.9. The van der Waals surface area contributed by atoms with Crippen LogP contribution in [0.2, 0.25) is 5.02 Å². The first-order valence-electron chi connectivity index (χ1n) is 10.8. The molecule has 4 rings (SSSR count). The van der Waals surface area contributed by atoms with E-state index in [2.05, 4.69) is 22.5 Å². The molecule has 0 spiro atoms. The summed E-state index contributed by atoms with van der Waals surface area (Å²) in [5.41, 5.74) is 2.76. The summed E-state index contributed by atoms with van der Waals surface area (Å²) >= 11 is 6.11. The fourth-order valence-electron chi connectivity index (χ4n) is 4.73. The van der Waals surface area contributed by atoms with E-state index in [0.29, 0.717) is 22.0 Å². The highest BCUT2D eigenvalue weighted by molar-refractivity contribution is 6.31. The summed E-state index contributed by atoms with van der Waals surface area (Å²) in [6.45, 7) is 5.78. The molecule has 0 aromatic heterocycles. The van der Waals surface area contributed by atoms with Gasteiger partial charge in [-0.3, -0.25) is 4.79 Å². The molecule has 1 aliphatic heterocycles. The zero-order valence-electron chi connectivity index (χ0n) is 17.1. The quantitative estimate of drug-likeness (QED) is 0.460. The minimum absolute atomic E-state index is 0.0834. The molecule has 2 atom stereocenters. The molecule has 0 bridgehead atoms. The van der Waals surface area contributed by atoms with E-state index in [-0.39, 0.29) is 11.8 Å². The second-order valence-corrected chi connectivity index (χ2v) is 9.54. The molecule has 1 aromatic rings. The van der Waals surface area contributed by atoms with Crippen molar-refractivity contribution < 1.29 is 4.79 Å². The average molecular weight is 415 g/mol. The second-order valence-electron chi connectivity index (χ2n) is 9.10. The smallest absolute Gasteiger partial charge is 0.254 e. The highest BCUT2D eigenvalue weighted by Crippen LogP contribution is 2.56. The van der Waals surface area contributed by atoms with Gasteiger partial charge in [0, 0.05) is 48.7 Å². The van der Waals surface area contributed by atoms with Gasteiger partial charge < -0.3 is 20.9 Å². The fraction of sp³-hybridized carbons (Fsp3) is 0.565. The van der Waals surface area contributed by atoms with Crippen LogP contribution in [0.15, 0.2) is 35.5 Å². The first-order valence-corrected chi connectivity index (χ1v) is 11.1. The molecular formula is C23H31ClN4O. The number of carbonyl (C=O) groups excluding carboxylic acids is 1. The lowest BCUT2D eigenvalue weighted by molar-refractivity contribution is -0.114. The maximum atomic E-state index is 13.5. The molecule has 3 aliphatic rings. The van der Waals surface area contributed by atoms with E-state index < -0.39 is 0 Å². The molecule has 1 heterocycles. The molecule has 1 aromatic carbocycles. The van der Waals surface area contributed by atoms with Crippen LogP contribution in [0.4, 0.5) is 5.69 Å². The number of rotatable bonds is 7. The van der Waals surface area contributed by atoms with Gasteiger partial charge >= 0.3 is 0 Å². The molecule has 3 N–H and O–H groups in total. The Morgan fingerprint density at radius 1 is 1.34 bits per heavy atom. The molecule has 5 nitrogen and oxygen atoms in total. The first-order chi connectivity index (χ1) is 14.0. The lowest BCUT2D eigenvalue weighted by Gasteiger charge is -2.42. The minimum Gasteiger partial charge on any atom is -0.367 e. The van der Waals surface area contributed by atoms with E-state index in [0.717, 1.165) is 43.9 Å². The van der Waals surface area contributed by atoms with Gasteiger partial charge in [-0.1, -0.05) is 24.6 Å². The van der Waals surface area contributed by atoms with E-state index >= 15 is 0 Å². The van der Waals surface area contributed by atoms with Crippen molar-refractivity contribution in [3.05, 3.63) is 40.6 Å². The van der Waals surface area contributed by atoms with Gasteiger partial charge in [-0.25, -0.2) is 0 Å². The maximum Gasteiger partial charge on any atom is 0.254 e. The molecule has 156 valence electrons. The molecule has 1 saturated heterocycles. The van der Waals surface area contributed by atoms with Crippen LogP contribution < -0.4 is 10.6 Å². The first kappa shape index (κ1) is 20.4. The van der Waals surface area contributed by atoms with Crippen LogP contribution in [0.5, 0.6) is 0 Å². The number of carbonyl (C=O) groups is 1. The van der Waals surface area contributed by atoms with Crippen LogP contribution in [0.25, 0.3) is 0 Å². The molecule has 1 amide bonds. The van der Waals surface area contributed by atoms with Gasteiger partial charge in [0.2, 0.25) is 0 Å². The number of nitrogens with one attached hydrogen (secondary N) is 3. The van der Waals surface area contributed by atoms with Crippen molar-refractivity contribution in [1.82, 2.24) is 10.2 Å². The Labute approximate surface area is 178 Å². The predicted molar refractivity (Wildman–Crippen MR) is 119 cm³/mol. The van der Waals surface area contributed by atoms with E-state index in [9.17, 15) is 4.79 Å². The van der Waals surface area contributed by atoms with Crippen LogP contribution >= 0.6 is 11.6 Å². The zero-order chi connectivity index (χ0) is 20.4. The third-order valence-electron chi connectivity index (χ3n) is 6.84. The van der Waals surface area contributed by atoms with Gasteiger partial charge in [-0.2, -0.15) is 0 Å². The molecule has 6 heteroatoms. The van der Waals surface area contributed by atoms with Crippen LogP contribution in [-0.2, 0) is 4.79 Å². The molecule has 2 saturated carbocycles. The van der Waals surface area contributed by atoms with Crippen molar-refractivity contribution in [2.75, 3.05) is 31.5 Å². The van der Waals surface area contributed by atoms with E-state index in [1.165, 1.54) is 31.9 Å². The topological polar surface area (TPSA) is 68.2 Å². The Morgan fingerprint density at radius 3 is 2.69 bits per heavy atom. The number of allylic oxidation sites excluding steroid dienone is 1. The minimum atomic E-state index is -0.0834. The van der Waals surface area contributed by atoms with Crippen LogP contribution in [-0.4, -0.2) is 43.2 Å². The van der Waals surface area contributed by atoms with Gasteiger partial charge in [0.1, 0.15) is 0 Å². The number of hydrogen-bond acceptors (Lipinski definition) is 4. The Bertz CT molecular complexity index is 811. The van der Waals surface area contributed by atoms with Gasteiger partial charge in [0.25, 0.3) is 5.91 Å². The Morgan fingerprint density at radius 2 is 2.10 bits per heavy atom. The number of benzene rings is 1. The Kier molecular flexibility index (Phi) is 5.98. The summed E-state index contributed by atoms with van der Waals surface area (Å²) in [4.78, 5) is 15.7. The van der Waals surface area contributed by atoms with Crippen molar-refractivity contribution >= 4 is 29.4 Å². The molecular weight excluding hydrogens is 384 g/mol. The summed E-state index contributed by atoms with van der Waals surface area (Å²) in [6, 6.07) is 7.28. The van der Waals surface area contributed by atoms with Crippen molar-refractivity contribution in [2.24, 2.45) is 17.3 Å². The monoisotopic (exact) mass is 414 g/mol. The predicted octanol–water partition coefficient (Wildman–Crippen LogP) is 4.30. The van der Waals surface area contributed by atoms with Crippen LogP contribution in [0.1, 0.15) is 39.0 Å². The number of piperazine rings is 1. The van der Waals surface area contributed by atoms with Crippen molar-refractivity contribution in [3.63, 3.8) is 0 Å². The summed E-state index contributed by atoms with van der Waals surface area (Å²) in [7, 11) is 0. The van der Waals surface area contributed by atoms with Gasteiger partial charge in [-0.15, -0.1) is 0 Å². The van der Waals surface area contributed by atoms with Gasteiger partial charge in [0.05, 0.1) is 5.70 Å². The largest absolute Gasteiger partial charge is 0.367 e. The van der Waals surface area contributed by atoms with Crippen LogP contribution in [0, 0.1) is 22.7 Å². The fourth-order valence-corrected chi connectivity index (χ4v) is 4.92. The molecule has 0 radical (unpaired) electrons. The highest BCUT2D eigenvalue weighted by Gasteiger charge is 2.46. The third kappa shape index (κ3) is 4.67. The van der Waals surface area contributed by atoms with E-state index in [1.807, 2.05) is 12.1 Å². The lowest BCUT2D eigenvalue weighted by Crippen LogP contribution is -2.45. The Balaban J connectivity index is 1.63. The number of anilines is 1. The Hall–Kier alpha value is -1.85. The second kappa shape index (κ2) is 8.49. The van der Waals surface area contributed by atoms with Crippen molar-refractivity contribution in [3.8, 4) is 0 Å². The number of hydrogen-bond donors (Lipinski definition) is 3. The SMILES string of the molecule is CC1(CC2CCC2/C(C(=O)Nc2cccc(Cl)c2)=C(/C=N)N2CCNCC2)CC1. The number of halogens is 1. The van der Waals surface area contributed by atoms with Crippen molar-refractivity contribution in [1.29, 1.82) is 5.41 Å². The highest BCUT2D eigenvalue weighted by atomic mass is 35.5. The van der Waals surface area contributed by atoms with Crippen LogP contribution in [0.3, 0.4) is 0 Å². The van der Waals surface area contributed by atoms with Gasteiger partial charge in [-0.05, 0) is 67.6 Å². The standard InChI is InChI=1S/C23H31ClN4O/c1-23(7-8-23)14-16-5-6-19(16)21(20(15-25)28-11-9-26-10-12-28)22(29)27-18-4-2-3-17(24)13-18/h2-4,13,15-16,19,25-26H,5-12,14H2,1H3,(H,27,29)/b21-20+,25-15?. The molecule has 29 heavy (non-hydrogen) atoms. The third-order valence-corrected chi connectivity index (χ3v) is 7.08. The van der Waals surface area contributed by atoms with E-state index in [1.54, 1.807) is 12.1 Å². The average Bonchev–Trinajstić information content (AvgIpc) is 3.43. The molecule has 3 fully saturated rings. The summed E-state index contributed by atoms with van der Waals surface area (Å²) in [6.07, 6.45) is 7.41.